The zero-order chi connectivity index (χ0) is 29.5. The third-order valence-electron chi connectivity index (χ3n) is 8.65. The van der Waals surface area contributed by atoms with Gasteiger partial charge in [-0.15, -0.1) is 0 Å². The van der Waals surface area contributed by atoms with Crippen molar-refractivity contribution in [3.63, 3.8) is 0 Å². The molecule has 5 rings (SSSR count). The van der Waals surface area contributed by atoms with E-state index >= 15 is 0 Å². The number of rotatable bonds is 5. The lowest BCUT2D eigenvalue weighted by Crippen LogP contribution is -2.49. The number of hydrogen-bond donors (Lipinski definition) is 2. The van der Waals surface area contributed by atoms with Crippen LogP contribution in [0.5, 0.6) is 0 Å². The van der Waals surface area contributed by atoms with Crippen molar-refractivity contribution in [2.45, 2.75) is 64.6 Å². The maximum Gasteiger partial charge on any atom is 0.416 e. The molecule has 1 aliphatic heterocycles. The number of alkyl halides is 3. The fraction of sp³-hybridized carbons (Fsp3) is 0.516. The number of carbonyl (C=O) groups is 1. The van der Waals surface area contributed by atoms with Gasteiger partial charge in [0.25, 0.3) is 0 Å². The minimum Gasteiger partial charge on any atom is -0.399 e. The first-order valence-electron chi connectivity index (χ1n) is 14.4. The number of piperazine rings is 1. The topological polar surface area (TPSA) is 87.4 Å². The van der Waals surface area contributed by atoms with Crippen LogP contribution in [0.2, 0.25) is 0 Å². The highest BCUT2D eigenvalue weighted by molar-refractivity contribution is 5.92. The Bertz CT molecular complexity index is 1430. The lowest BCUT2D eigenvalue weighted by Gasteiger charge is -2.36. The highest BCUT2D eigenvalue weighted by atomic mass is 19.4. The van der Waals surface area contributed by atoms with Gasteiger partial charge in [0, 0.05) is 43.2 Å². The summed E-state index contributed by atoms with van der Waals surface area (Å²) >= 11 is 0. The van der Waals surface area contributed by atoms with E-state index < -0.39 is 17.8 Å². The highest BCUT2D eigenvalue weighted by Gasteiger charge is 2.33. The summed E-state index contributed by atoms with van der Waals surface area (Å²) < 4.78 is 40.3. The number of hydrogen-bond acceptors (Lipinski definition) is 6. The average molecular weight is 569 g/mol. The van der Waals surface area contributed by atoms with Gasteiger partial charge in [0.15, 0.2) is 0 Å². The molecule has 1 saturated carbocycles. The van der Waals surface area contributed by atoms with Gasteiger partial charge in [-0.2, -0.15) is 13.2 Å². The normalized spacial score (nSPS) is 21.2. The Kier molecular flexibility index (Phi) is 8.14. The predicted octanol–water partition coefficient (Wildman–Crippen LogP) is 6.07. The molecular weight excluding hydrogens is 529 g/mol. The van der Waals surface area contributed by atoms with Crippen LogP contribution in [0.1, 0.15) is 72.6 Å². The van der Waals surface area contributed by atoms with Crippen molar-refractivity contribution in [3.05, 3.63) is 58.4 Å². The summed E-state index contributed by atoms with van der Waals surface area (Å²) in [5.74, 6) is 1.87. The number of nitrogens with zero attached hydrogens (tertiary/aromatic N) is 4. The van der Waals surface area contributed by atoms with Gasteiger partial charge in [0.05, 0.1) is 17.1 Å². The van der Waals surface area contributed by atoms with Crippen LogP contribution >= 0.6 is 0 Å². The van der Waals surface area contributed by atoms with Crippen LogP contribution in [0.3, 0.4) is 0 Å². The number of benzene rings is 2. The maximum atomic E-state index is 13.4. The summed E-state index contributed by atoms with van der Waals surface area (Å²) in [5.41, 5.74) is 8.57. The number of fused-ring (bicyclic) bond motifs is 1. The van der Waals surface area contributed by atoms with E-state index in [0.717, 1.165) is 80.5 Å². The summed E-state index contributed by atoms with van der Waals surface area (Å²) in [5, 5.41) is 4.18. The van der Waals surface area contributed by atoms with Gasteiger partial charge in [-0.1, -0.05) is 6.07 Å². The minimum atomic E-state index is -4.48. The maximum absolute atomic E-state index is 13.4. The number of nitrogens with one attached hydrogen (secondary N) is 1. The van der Waals surface area contributed by atoms with E-state index in [1.54, 1.807) is 13.0 Å². The highest BCUT2D eigenvalue weighted by Crippen LogP contribution is 2.40. The molecule has 7 nitrogen and oxygen atoms in total. The third kappa shape index (κ3) is 6.42. The Morgan fingerprint density at radius 2 is 1.68 bits per heavy atom. The first-order chi connectivity index (χ1) is 19.4. The van der Waals surface area contributed by atoms with Crippen molar-refractivity contribution in [1.29, 1.82) is 0 Å². The molecule has 41 heavy (non-hydrogen) atoms. The molecule has 10 heteroatoms. The Morgan fingerprint density at radius 3 is 2.34 bits per heavy atom. The van der Waals surface area contributed by atoms with E-state index in [-0.39, 0.29) is 11.6 Å². The summed E-state index contributed by atoms with van der Waals surface area (Å²) in [4.78, 5) is 26.8. The standard InChI is InChI=1S/C31H39F3N6O/c1-18-13-24(21-5-7-22(8-6-21)30(41)40-11-9-39(4)10-12-40)16-27-28(18)37-20(3)38-29(27)36-19(2)23-14-25(31(32,33)34)17-26(35)15-23/h13-17,19,21-22H,5-12,35H2,1-4H3,(H,36,37,38)/t19-,21?,22?/m0/s1. The van der Waals surface area contributed by atoms with Crippen LogP contribution in [0, 0.1) is 19.8 Å². The number of nitrogen functional groups attached to an aromatic ring is 1. The molecule has 3 N–H and O–H groups in total. The fourth-order valence-corrected chi connectivity index (χ4v) is 6.23. The van der Waals surface area contributed by atoms with E-state index in [0.29, 0.717) is 29.0 Å². The molecule has 1 saturated heterocycles. The van der Waals surface area contributed by atoms with Crippen LogP contribution in [-0.4, -0.2) is 58.9 Å². The smallest absolute Gasteiger partial charge is 0.399 e. The van der Waals surface area contributed by atoms with Crippen LogP contribution in [0.4, 0.5) is 24.7 Å². The SMILES string of the molecule is Cc1nc(N[C@@H](C)c2cc(N)cc(C(F)(F)F)c2)c2cc(C3CCC(C(=O)N4CCN(C)CC4)CC3)cc(C)c2n1. The molecule has 0 unspecified atom stereocenters. The Labute approximate surface area is 239 Å². The van der Waals surface area contributed by atoms with Gasteiger partial charge >= 0.3 is 6.18 Å². The number of likely N-dealkylation sites (N-methyl/N-ethyl adjacent to an activating group) is 1. The number of aromatic nitrogens is 2. The fourth-order valence-electron chi connectivity index (χ4n) is 6.23. The number of anilines is 2. The summed E-state index contributed by atoms with van der Waals surface area (Å²) in [7, 11) is 2.09. The van der Waals surface area contributed by atoms with E-state index in [9.17, 15) is 18.0 Å². The van der Waals surface area contributed by atoms with Crippen molar-refractivity contribution in [2.24, 2.45) is 5.92 Å². The first kappa shape index (κ1) is 29.1. The van der Waals surface area contributed by atoms with Crippen molar-refractivity contribution in [3.8, 4) is 0 Å². The molecule has 2 heterocycles. The van der Waals surface area contributed by atoms with Gasteiger partial charge in [-0.25, -0.2) is 9.97 Å². The van der Waals surface area contributed by atoms with Gasteiger partial charge < -0.3 is 20.9 Å². The van der Waals surface area contributed by atoms with Gasteiger partial charge in [0.2, 0.25) is 5.91 Å². The second-order valence-corrected chi connectivity index (χ2v) is 11.8. The number of halogens is 3. The molecular formula is C31H39F3N6O. The molecule has 1 aliphatic carbocycles. The zero-order valence-corrected chi connectivity index (χ0v) is 24.2. The van der Waals surface area contributed by atoms with Crippen LogP contribution < -0.4 is 11.1 Å². The Balaban J connectivity index is 1.36. The minimum absolute atomic E-state index is 0.0621. The van der Waals surface area contributed by atoms with Crippen molar-refractivity contribution >= 4 is 28.3 Å². The molecule has 3 aromatic rings. The molecule has 1 aromatic heterocycles. The van der Waals surface area contributed by atoms with E-state index in [1.165, 1.54) is 5.56 Å². The third-order valence-corrected chi connectivity index (χ3v) is 8.65. The average Bonchev–Trinajstić information content (AvgIpc) is 2.93. The van der Waals surface area contributed by atoms with Gasteiger partial charge in [-0.05, 0) is 100 Å². The largest absolute Gasteiger partial charge is 0.416 e. The van der Waals surface area contributed by atoms with Crippen LogP contribution in [0.15, 0.2) is 30.3 Å². The molecule has 1 atom stereocenters. The molecule has 2 aliphatic rings. The molecule has 0 bridgehead atoms. The molecule has 2 aromatic carbocycles. The van der Waals surface area contributed by atoms with Gasteiger partial charge in [0.1, 0.15) is 11.6 Å². The van der Waals surface area contributed by atoms with E-state index in [1.807, 2.05) is 18.7 Å². The monoisotopic (exact) mass is 568 g/mol. The molecule has 220 valence electrons. The van der Waals surface area contributed by atoms with Crippen molar-refractivity contribution < 1.29 is 18.0 Å². The Morgan fingerprint density at radius 1 is 1.00 bits per heavy atom. The predicted molar refractivity (Wildman–Crippen MR) is 156 cm³/mol. The van der Waals surface area contributed by atoms with Crippen LogP contribution in [-0.2, 0) is 11.0 Å². The quantitative estimate of drug-likeness (QED) is 0.364. The van der Waals surface area contributed by atoms with Crippen molar-refractivity contribution in [1.82, 2.24) is 19.8 Å². The molecule has 0 spiro atoms. The second-order valence-electron chi connectivity index (χ2n) is 11.8. The zero-order valence-electron chi connectivity index (χ0n) is 24.2. The Hall–Kier alpha value is -3.40. The first-order valence-corrected chi connectivity index (χ1v) is 14.4. The van der Waals surface area contributed by atoms with Crippen molar-refractivity contribution in [2.75, 3.05) is 44.3 Å². The number of aryl methyl sites for hydroxylation is 2. The second kappa shape index (κ2) is 11.5. The van der Waals surface area contributed by atoms with Gasteiger partial charge in [-0.3, -0.25) is 4.79 Å². The summed E-state index contributed by atoms with van der Waals surface area (Å²) in [6.07, 6.45) is -0.871. The lowest BCUT2D eigenvalue weighted by molar-refractivity contribution is -0.138. The van der Waals surface area contributed by atoms with Crippen LogP contribution in [0.25, 0.3) is 10.9 Å². The van der Waals surface area contributed by atoms with E-state index in [2.05, 4.69) is 39.4 Å². The molecule has 2 fully saturated rings. The summed E-state index contributed by atoms with van der Waals surface area (Å²) in [6.45, 7) is 9.10. The molecule has 0 radical (unpaired) electrons. The summed E-state index contributed by atoms with van der Waals surface area (Å²) in [6, 6.07) is 7.46. The van der Waals surface area contributed by atoms with E-state index in [4.69, 9.17) is 5.73 Å². The molecule has 1 amide bonds. The number of amides is 1. The number of carbonyl (C=O) groups excluding carboxylic acids is 1. The lowest BCUT2D eigenvalue weighted by atomic mass is 9.77. The number of nitrogens with two attached hydrogens (primary N) is 1.